The van der Waals surface area contributed by atoms with E-state index < -0.39 is 0 Å². The first-order valence-electron chi connectivity index (χ1n) is 6.94. The minimum Gasteiger partial charge on any atom is -0.383 e. The highest BCUT2D eigenvalue weighted by Crippen LogP contribution is 2.41. The molecule has 1 aromatic rings. The Morgan fingerprint density at radius 2 is 1.78 bits per heavy atom. The molecule has 1 aliphatic carbocycles. The van der Waals surface area contributed by atoms with Gasteiger partial charge in [-0.2, -0.15) is 0 Å². The Morgan fingerprint density at radius 1 is 1.11 bits per heavy atom. The topological polar surface area (TPSA) is 24.1 Å². The van der Waals surface area contributed by atoms with Crippen molar-refractivity contribution in [3.63, 3.8) is 0 Å². The predicted molar refractivity (Wildman–Crippen MR) is 73.4 cm³/mol. The number of hydrogen-bond acceptors (Lipinski definition) is 2. The molecule has 1 spiro atoms. The summed E-state index contributed by atoms with van der Waals surface area (Å²) in [4.78, 5) is 0. The van der Waals surface area contributed by atoms with Crippen LogP contribution in [0.15, 0.2) is 18.2 Å². The zero-order valence-corrected chi connectivity index (χ0v) is 10.9. The maximum absolute atomic E-state index is 13.2. The van der Waals surface area contributed by atoms with E-state index >= 15 is 0 Å². The largest absolute Gasteiger partial charge is 0.383 e. The second-order valence-corrected chi connectivity index (χ2v) is 6.08. The third-order valence-corrected chi connectivity index (χ3v) is 4.62. The average molecular weight is 248 g/mol. The summed E-state index contributed by atoms with van der Waals surface area (Å²) in [6.45, 7) is 4.31. The monoisotopic (exact) mass is 248 g/mol. The molecule has 3 rings (SSSR count). The molecular formula is C15H21FN2. The predicted octanol–water partition coefficient (Wildman–Crippen LogP) is 3.86. The molecule has 2 aliphatic rings. The molecule has 1 saturated carbocycles. The molecule has 2 N–H and O–H groups in total. The van der Waals surface area contributed by atoms with Crippen molar-refractivity contribution in [1.29, 1.82) is 0 Å². The fraction of sp³-hybridized carbons (Fsp3) is 0.600. The molecule has 0 bridgehead atoms. The highest BCUT2D eigenvalue weighted by Gasteiger charge is 2.35. The van der Waals surface area contributed by atoms with Crippen molar-refractivity contribution in [3.8, 4) is 0 Å². The molecule has 0 amide bonds. The second kappa shape index (κ2) is 4.45. The van der Waals surface area contributed by atoms with Crippen molar-refractivity contribution < 1.29 is 4.39 Å². The third kappa shape index (κ3) is 2.18. The quantitative estimate of drug-likeness (QED) is 0.728. The lowest BCUT2D eigenvalue weighted by molar-refractivity contribution is 0.185. The van der Waals surface area contributed by atoms with Gasteiger partial charge in [0.15, 0.2) is 0 Å². The minimum atomic E-state index is -0.170. The van der Waals surface area contributed by atoms with Crippen LogP contribution in [0.1, 0.15) is 32.6 Å². The Bertz CT molecular complexity index is 436. The van der Waals surface area contributed by atoms with Gasteiger partial charge >= 0.3 is 0 Å². The summed E-state index contributed by atoms with van der Waals surface area (Å²) >= 11 is 0. The van der Waals surface area contributed by atoms with Crippen molar-refractivity contribution in [2.75, 3.05) is 23.7 Å². The first-order chi connectivity index (χ1) is 8.67. The summed E-state index contributed by atoms with van der Waals surface area (Å²) in [5.41, 5.74) is 2.29. The lowest BCUT2D eigenvalue weighted by Gasteiger charge is -2.38. The van der Waals surface area contributed by atoms with Gasteiger partial charge in [-0.15, -0.1) is 0 Å². The van der Waals surface area contributed by atoms with E-state index in [0.29, 0.717) is 5.41 Å². The average Bonchev–Trinajstić information content (AvgIpc) is 2.54. The molecule has 0 atom stereocenters. The van der Waals surface area contributed by atoms with Crippen LogP contribution in [0.3, 0.4) is 0 Å². The van der Waals surface area contributed by atoms with Crippen LogP contribution in [0.2, 0.25) is 0 Å². The van der Waals surface area contributed by atoms with E-state index in [1.165, 1.54) is 31.7 Å². The van der Waals surface area contributed by atoms with Gasteiger partial charge in [0.1, 0.15) is 5.82 Å². The molecule has 0 saturated heterocycles. The number of hydrogen-bond donors (Lipinski definition) is 2. The van der Waals surface area contributed by atoms with E-state index in [4.69, 9.17) is 0 Å². The lowest BCUT2D eigenvalue weighted by Crippen LogP contribution is -2.38. The van der Waals surface area contributed by atoms with E-state index in [1.807, 2.05) is 6.07 Å². The highest BCUT2D eigenvalue weighted by atomic mass is 19.1. The van der Waals surface area contributed by atoms with Gasteiger partial charge in [0, 0.05) is 18.5 Å². The molecule has 98 valence electrons. The maximum Gasteiger partial charge on any atom is 0.125 e. The SMILES string of the molecule is CC1CCC2(CC1)CNc1ccc(F)cc1NC2. The Balaban J connectivity index is 1.78. The third-order valence-electron chi connectivity index (χ3n) is 4.62. The molecule has 1 aromatic carbocycles. The molecule has 0 unspecified atom stereocenters. The normalized spacial score (nSPS) is 31.1. The number of nitrogens with one attached hydrogen (secondary N) is 2. The van der Waals surface area contributed by atoms with E-state index in [1.54, 1.807) is 6.07 Å². The van der Waals surface area contributed by atoms with Gasteiger partial charge in [0.25, 0.3) is 0 Å². The molecule has 1 aliphatic heterocycles. The van der Waals surface area contributed by atoms with Crippen molar-refractivity contribution in [3.05, 3.63) is 24.0 Å². The first kappa shape index (κ1) is 11.8. The van der Waals surface area contributed by atoms with Crippen LogP contribution < -0.4 is 10.6 Å². The van der Waals surface area contributed by atoms with Crippen LogP contribution in [-0.2, 0) is 0 Å². The van der Waals surface area contributed by atoms with Gasteiger partial charge in [0.05, 0.1) is 11.4 Å². The number of fused-ring (bicyclic) bond motifs is 1. The fourth-order valence-electron chi connectivity index (χ4n) is 3.17. The molecule has 2 nitrogen and oxygen atoms in total. The van der Waals surface area contributed by atoms with E-state index in [0.717, 1.165) is 30.4 Å². The van der Waals surface area contributed by atoms with Crippen molar-refractivity contribution in [2.24, 2.45) is 11.3 Å². The first-order valence-corrected chi connectivity index (χ1v) is 6.94. The lowest BCUT2D eigenvalue weighted by atomic mass is 9.71. The Labute approximate surface area is 108 Å². The van der Waals surface area contributed by atoms with Crippen LogP contribution in [0, 0.1) is 17.2 Å². The van der Waals surface area contributed by atoms with Crippen LogP contribution >= 0.6 is 0 Å². The molecule has 18 heavy (non-hydrogen) atoms. The van der Waals surface area contributed by atoms with Crippen molar-refractivity contribution >= 4 is 11.4 Å². The molecule has 0 aromatic heterocycles. The van der Waals surface area contributed by atoms with Gasteiger partial charge < -0.3 is 10.6 Å². The molecular weight excluding hydrogens is 227 g/mol. The zero-order valence-electron chi connectivity index (χ0n) is 10.9. The van der Waals surface area contributed by atoms with E-state index in [9.17, 15) is 4.39 Å². The van der Waals surface area contributed by atoms with Gasteiger partial charge in [-0.25, -0.2) is 4.39 Å². The summed E-state index contributed by atoms with van der Waals surface area (Å²) < 4.78 is 13.2. The maximum atomic E-state index is 13.2. The second-order valence-electron chi connectivity index (χ2n) is 6.08. The van der Waals surface area contributed by atoms with E-state index in [2.05, 4.69) is 17.6 Å². The summed E-state index contributed by atoms with van der Waals surface area (Å²) in [5, 5.41) is 6.94. The van der Waals surface area contributed by atoms with Crippen LogP contribution in [0.5, 0.6) is 0 Å². The molecule has 1 heterocycles. The number of benzene rings is 1. The number of anilines is 2. The fourth-order valence-corrected chi connectivity index (χ4v) is 3.17. The summed E-state index contributed by atoms with van der Waals surface area (Å²) in [6, 6.07) is 4.95. The summed E-state index contributed by atoms with van der Waals surface area (Å²) in [5.74, 6) is 0.690. The number of rotatable bonds is 0. The van der Waals surface area contributed by atoms with Crippen molar-refractivity contribution in [2.45, 2.75) is 32.6 Å². The van der Waals surface area contributed by atoms with E-state index in [-0.39, 0.29) is 5.82 Å². The smallest absolute Gasteiger partial charge is 0.125 e. The van der Waals surface area contributed by atoms with Crippen LogP contribution in [0.4, 0.5) is 15.8 Å². The Kier molecular flexibility index (Phi) is 2.92. The number of halogens is 1. The summed E-state index contributed by atoms with van der Waals surface area (Å²) in [6.07, 6.45) is 5.16. The van der Waals surface area contributed by atoms with Crippen LogP contribution in [0.25, 0.3) is 0 Å². The minimum absolute atomic E-state index is 0.170. The Hall–Kier alpha value is -1.25. The van der Waals surface area contributed by atoms with Gasteiger partial charge in [0.2, 0.25) is 0 Å². The van der Waals surface area contributed by atoms with Crippen LogP contribution in [-0.4, -0.2) is 13.1 Å². The molecule has 1 fully saturated rings. The molecule has 3 heteroatoms. The highest BCUT2D eigenvalue weighted by molar-refractivity contribution is 5.69. The van der Waals surface area contributed by atoms with Gasteiger partial charge in [-0.1, -0.05) is 19.8 Å². The standard InChI is InChI=1S/C15H21FN2/c1-11-4-6-15(7-5-11)9-17-13-3-2-12(16)8-14(13)18-10-15/h2-3,8,11,17-18H,4-7,9-10H2,1H3. The summed E-state index contributed by atoms with van der Waals surface area (Å²) in [7, 11) is 0. The molecule has 0 radical (unpaired) electrons. The van der Waals surface area contributed by atoms with Crippen molar-refractivity contribution in [1.82, 2.24) is 0 Å². The zero-order chi connectivity index (χ0) is 12.6. The van der Waals surface area contributed by atoms with Gasteiger partial charge in [-0.05, 0) is 37.0 Å². The Morgan fingerprint density at radius 3 is 2.50 bits per heavy atom. The van der Waals surface area contributed by atoms with Gasteiger partial charge in [-0.3, -0.25) is 0 Å².